The smallest absolute Gasteiger partial charge is 0.257 e. The predicted octanol–water partition coefficient (Wildman–Crippen LogP) is 2.83. The lowest BCUT2D eigenvalue weighted by molar-refractivity contribution is -0.119. The highest BCUT2D eigenvalue weighted by molar-refractivity contribution is 7.99. The first-order chi connectivity index (χ1) is 12.0. The topological polar surface area (TPSA) is 76.9 Å². The van der Waals surface area contributed by atoms with Crippen LogP contribution in [0.15, 0.2) is 34.3 Å². The van der Waals surface area contributed by atoms with Gasteiger partial charge in [0.25, 0.3) is 5.56 Å². The Kier molecular flexibility index (Phi) is 4.09. The molecule has 1 amide bonds. The minimum absolute atomic E-state index is 0.0747. The number of anilines is 1. The molecule has 3 heterocycles. The fourth-order valence-corrected chi connectivity index (χ4v) is 4.68. The third-order valence-electron chi connectivity index (χ3n) is 4.13. The molecule has 25 heavy (non-hydrogen) atoms. The van der Waals surface area contributed by atoms with Crippen molar-refractivity contribution in [3.05, 3.63) is 45.3 Å². The van der Waals surface area contributed by atoms with Crippen molar-refractivity contribution in [3.8, 4) is 0 Å². The highest BCUT2D eigenvalue weighted by Crippen LogP contribution is 2.27. The van der Waals surface area contributed by atoms with Crippen LogP contribution < -0.4 is 10.9 Å². The number of nitrogens with zero attached hydrogens (tertiary/aromatic N) is 3. The number of aryl methyl sites for hydroxylation is 2. The van der Waals surface area contributed by atoms with Gasteiger partial charge in [0.15, 0.2) is 5.16 Å². The second kappa shape index (κ2) is 6.27. The van der Waals surface area contributed by atoms with Gasteiger partial charge in [-0.2, -0.15) is 0 Å². The molecule has 0 aliphatic carbocycles. The summed E-state index contributed by atoms with van der Waals surface area (Å²) in [6.07, 6.45) is 1.59. The van der Waals surface area contributed by atoms with Gasteiger partial charge < -0.3 is 5.32 Å². The van der Waals surface area contributed by atoms with Crippen LogP contribution in [0.5, 0.6) is 0 Å². The van der Waals surface area contributed by atoms with Gasteiger partial charge in [-0.3, -0.25) is 14.2 Å². The summed E-state index contributed by atoms with van der Waals surface area (Å²) in [5.41, 5.74) is 2.14. The number of thioether (sulfide) groups is 1. The van der Waals surface area contributed by atoms with E-state index in [1.807, 2.05) is 25.1 Å². The van der Waals surface area contributed by atoms with E-state index in [0.29, 0.717) is 23.0 Å². The quantitative estimate of drug-likeness (QED) is 0.700. The molecule has 0 radical (unpaired) electrons. The van der Waals surface area contributed by atoms with E-state index in [1.165, 1.54) is 11.8 Å². The first-order valence-electron chi connectivity index (χ1n) is 7.88. The van der Waals surface area contributed by atoms with Crippen LogP contribution in [-0.4, -0.2) is 26.2 Å². The summed E-state index contributed by atoms with van der Waals surface area (Å²) < 4.78 is 2.70. The average Bonchev–Trinajstić information content (AvgIpc) is 2.97. The molecule has 1 aliphatic rings. The zero-order chi connectivity index (χ0) is 17.6. The van der Waals surface area contributed by atoms with Gasteiger partial charge in [0.2, 0.25) is 5.91 Å². The Morgan fingerprint density at radius 3 is 3.04 bits per heavy atom. The van der Waals surface area contributed by atoms with Gasteiger partial charge in [-0.15, -0.1) is 11.3 Å². The Labute approximate surface area is 152 Å². The molecule has 0 saturated carbocycles. The molecule has 0 saturated heterocycles. The minimum atomic E-state index is -0.272. The number of hydrogen-bond donors (Lipinski definition) is 1. The molecular formula is C17H16N4O2S2. The number of nitrogens with one attached hydrogen (secondary N) is 1. The van der Waals surface area contributed by atoms with Gasteiger partial charge in [-0.25, -0.2) is 9.97 Å². The average molecular weight is 372 g/mol. The summed E-state index contributed by atoms with van der Waals surface area (Å²) in [6.45, 7) is 4.06. The number of hydrogen-bond acceptors (Lipinski definition) is 6. The molecule has 1 unspecified atom stereocenters. The van der Waals surface area contributed by atoms with Gasteiger partial charge in [0.1, 0.15) is 0 Å². The maximum atomic E-state index is 12.6. The summed E-state index contributed by atoms with van der Waals surface area (Å²) >= 11 is 3.08. The lowest BCUT2D eigenvalue weighted by Gasteiger charge is -2.24. The summed E-state index contributed by atoms with van der Waals surface area (Å²) in [6, 6.07) is 5.75. The Bertz CT molecular complexity index is 1040. The van der Waals surface area contributed by atoms with Crippen molar-refractivity contribution in [2.75, 3.05) is 11.1 Å². The van der Waals surface area contributed by atoms with Crippen molar-refractivity contribution in [1.29, 1.82) is 0 Å². The lowest BCUT2D eigenvalue weighted by atomic mass is 10.1. The summed E-state index contributed by atoms with van der Waals surface area (Å²) in [5, 5.41) is 4.64. The normalized spacial score (nSPS) is 16.6. The molecular weight excluding hydrogens is 356 g/mol. The molecule has 128 valence electrons. The van der Waals surface area contributed by atoms with Crippen molar-refractivity contribution in [2.24, 2.45) is 5.92 Å². The van der Waals surface area contributed by atoms with Crippen molar-refractivity contribution < 1.29 is 4.79 Å². The summed E-state index contributed by atoms with van der Waals surface area (Å²) in [5.74, 6) is 0.254. The number of rotatable bonds is 2. The van der Waals surface area contributed by atoms with Crippen LogP contribution >= 0.6 is 23.1 Å². The van der Waals surface area contributed by atoms with E-state index in [-0.39, 0.29) is 17.4 Å². The maximum Gasteiger partial charge on any atom is 0.257 e. The number of benzene rings is 1. The maximum absolute atomic E-state index is 12.6. The Hall–Kier alpha value is -2.19. The van der Waals surface area contributed by atoms with Crippen molar-refractivity contribution in [2.45, 2.75) is 25.5 Å². The van der Waals surface area contributed by atoms with E-state index >= 15 is 0 Å². The summed E-state index contributed by atoms with van der Waals surface area (Å²) in [4.78, 5) is 33.6. The van der Waals surface area contributed by atoms with Gasteiger partial charge in [0.05, 0.1) is 21.1 Å². The fourth-order valence-electron chi connectivity index (χ4n) is 2.82. The van der Waals surface area contributed by atoms with Gasteiger partial charge in [-0.1, -0.05) is 11.8 Å². The molecule has 1 aromatic carbocycles. The molecule has 0 spiro atoms. The molecule has 1 aliphatic heterocycles. The van der Waals surface area contributed by atoms with Crippen LogP contribution in [0.4, 0.5) is 5.69 Å². The molecule has 8 heteroatoms. The second-order valence-electron chi connectivity index (χ2n) is 6.05. The van der Waals surface area contributed by atoms with E-state index < -0.39 is 0 Å². The van der Waals surface area contributed by atoms with Gasteiger partial charge in [-0.05, 0) is 32.0 Å². The van der Waals surface area contributed by atoms with Crippen molar-refractivity contribution in [1.82, 2.24) is 14.5 Å². The number of amides is 1. The number of carbonyl (C=O) groups excluding carboxylic acids is 1. The third kappa shape index (κ3) is 3.07. The summed E-state index contributed by atoms with van der Waals surface area (Å²) in [7, 11) is 0. The zero-order valence-electron chi connectivity index (χ0n) is 13.8. The first-order valence-corrected chi connectivity index (χ1v) is 9.69. The van der Waals surface area contributed by atoms with E-state index in [4.69, 9.17) is 0 Å². The van der Waals surface area contributed by atoms with E-state index in [2.05, 4.69) is 15.3 Å². The van der Waals surface area contributed by atoms with E-state index in [9.17, 15) is 9.59 Å². The Balaban J connectivity index is 1.54. The molecule has 3 aromatic rings. The van der Waals surface area contributed by atoms with Crippen LogP contribution in [0, 0.1) is 19.8 Å². The van der Waals surface area contributed by atoms with Crippen molar-refractivity contribution in [3.63, 3.8) is 0 Å². The Morgan fingerprint density at radius 1 is 1.36 bits per heavy atom. The van der Waals surface area contributed by atoms with E-state index in [0.717, 1.165) is 20.9 Å². The monoisotopic (exact) mass is 372 g/mol. The number of carbonyl (C=O) groups is 1. The minimum Gasteiger partial charge on any atom is -0.326 e. The highest BCUT2D eigenvalue weighted by Gasteiger charge is 2.27. The fraction of sp³-hybridized carbons (Fsp3) is 0.294. The second-order valence-corrected chi connectivity index (χ2v) is 8.27. The molecule has 1 N–H and O–H groups in total. The van der Waals surface area contributed by atoms with E-state index in [1.54, 1.807) is 29.0 Å². The van der Waals surface area contributed by atoms with Gasteiger partial charge >= 0.3 is 0 Å². The number of aromatic nitrogens is 3. The zero-order valence-corrected chi connectivity index (χ0v) is 15.4. The van der Waals surface area contributed by atoms with Crippen LogP contribution in [-0.2, 0) is 11.3 Å². The number of fused-ring (bicyclic) bond motifs is 2. The van der Waals surface area contributed by atoms with Crippen LogP contribution in [0.3, 0.4) is 0 Å². The van der Waals surface area contributed by atoms with Crippen LogP contribution in [0.1, 0.15) is 10.6 Å². The first kappa shape index (κ1) is 16.3. The Morgan fingerprint density at radius 2 is 2.20 bits per heavy atom. The SMILES string of the molecule is Cc1nc2cc(NC(=O)C3CSc4ncc(C)c(=O)n4C3)ccc2s1. The molecule has 0 fully saturated rings. The third-order valence-corrected chi connectivity index (χ3v) is 6.24. The molecule has 2 aromatic heterocycles. The number of thiazole rings is 1. The molecule has 0 bridgehead atoms. The largest absolute Gasteiger partial charge is 0.326 e. The van der Waals surface area contributed by atoms with Crippen LogP contribution in [0.25, 0.3) is 10.2 Å². The predicted molar refractivity (Wildman–Crippen MR) is 100 cm³/mol. The highest BCUT2D eigenvalue weighted by atomic mass is 32.2. The molecule has 6 nitrogen and oxygen atoms in total. The van der Waals surface area contributed by atoms with Crippen molar-refractivity contribution >= 4 is 44.9 Å². The van der Waals surface area contributed by atoms with Gasteiger partial charge in [0, 0.05) is 29.7 Å². The molecule has 1 atom stereocenters. The molecule has 4 rings (SSSR count). The van der Waals surface area contributed by atoms with Crippen LogP contribution in [0.2, 0.25) is 0 Å². The standard InChI is InChI=1S/C17H16N4O2S2/c1-9-6-18-17-21(16(9)23)7-11(8-24-17)15(22)20-12-3-4-14-13(5-12)19-10(2)25-14/h3-6,11H,7-8H2,1-2H3,(H,20,22). The lowest BCUT2D eigenvalue weighted by Crippen LogP contribution is -2.37.